The van der Waals surface area contributed by atoms with E-state index >= 15 is 0 Å². The number of piperidine rings is 1. The third-order valence-electron chi connectivity index (χ3n) is 6.81. The van der Waals surface area contributed by atoms with E-state index in [-0.39, 0.29) is 11.8 Å². The molecule has 34 heavy (non-hydrogen) atoms. The van der Waals surface area contributed by atoms with Crippen molar-refractivity contribution < 1.29 is 4.79 Å². The Morgan fingerprint density at radius 2 is 1.71 bits per heavy atom. The Balaban J connectivity index is 1.46. The van der Waals surface area contributed by atoms with Crippen LogP contribution in [0.15, 0.2) is 48.5 Å². The number of anilines is 2. The highest BCUT2D eigenvalue weighted by atomic mass is 16.1. The lowest BCUT2D eigenvalue weighted by atomic mass is 9.96. The van der Waals surface area contributed by atoms with E-state index in [1.807, 2.05) is 74.0 Å². The van der Waals surface area contributed by atoms with Crippen LogP contribution in [0.4, 0.5) is 11.5 Å². The van der Waals surface area contributed by atoms with Crippen molar-refractivity contribution in [2.75, 3.05) is 23.3 Å². The van der Waals surface area contributed by atoms with Crippen molar-refractivity contribution in [2.24, 2.45) is 5.92 Å². The van der Waals surface area contributed by atoms with E-state index in [4.69, 9.17) is 5.10 Å². The van der Waals surface area contributed by atoms with Crippen molar-refractivity contribution in [2.45, 2.75) is 40.5 Å². The molecule has 1 aliphatic heterocycles. The molecule has 1 amide bonds. The molecule has 1 N–H and O–H groups in total. The zero-order valence-electron chi connectivity index (χ0n) is 20.2. The van der Waals surface area contributed by atoms with E-state index in [9.17, 15) is 4.79 Å². The molecule has 1 saturated heterocycles. The molecule has 0 radical (unpaired) electrons. The summed E-state index contributed by atoms with van der Waals surface area (Å²) in [7, 11) is 0. The van der Waals surface area contributed by atoms with Gasteiger partial charge in [-0.1, -0.05) is 36.4 Å². The smallest absolute Gasteiger partial charge is 0.229 e. The molecular formula is C27H30N6O. The van der Waals surface area contributed by atoms with Crippen LogP contribution in [0.1, 0.15) is 35.4 Å². The number of aromatic nitrogens is 4. The molecule has 1 fully saturated rings. The number of aryl methyl sites for hydroxylation is 4. The van der Waals surface area contributed by atoms with E-state index in [2.05, 4.69) is 27.3 Å². The lowest BCUT2D eigenvalue weighted by Gasteiger charge is -2.32. The predicted molar refractivity (Wildman–Crippen MR) is 136 cm³/mol. The van der Waals surface area contributed by atoms with Gasteiger partial charge in [-0.05, 0) is 63.8 Å². The van der Waals surface area contributed by atoms with Crippen LogP contribution in [-0.2, 0) is 4.79 Å². The van der Waals surface area contributed by atoms with Crippen LogP contribution in [0.5, 0.6) is 0 Å². The summed E-state index contributed by atoms with van der Waals surface area (Å²) in [6.07, 6.45) is 1.77. The molecule has 5 rings (SSSR count). The highest BCUT2D eigenvalue weighted by Gasteiger charge is 2.29. The van der Waals surface area contributed by atoms with Crippen molar-refractivity contribution in [1.82, 2.24) is 20.0 Å². The Labute approximate surface area is 199 Å². The molecule has 1 unspecified atom stereocenters. The summed E-state index contributed by atoms with van der Waals surface area (Å²) in [4.78, 5) is 15.4. The molecule has 7 heteroatoms. The second-order valence-corrected chi connectivity index (χ2v) is 9.21. The van der Waals surface area contributed by atoms with Gasteiger partial charge in [0, 0.05) is 18.8 Å². The number of hydrogen-bond donors (Lipinski definition) is 1. The Hall–Kier alpha value is -3.74. The summed E-state index contributed by atoms with van der Waals surface area (Å²) >= 11 is 0. The molecule has 0 aliphatic carbocycles. The number of para-hydroxylation sites is 2. The largest absolute Gasteiger partial charge is 0.352 e. The average Bonchev–Trinajstić information content (AvgIpc) is 3.20. The second-order valence-electron chi connectivity index (χ2n) is 9.21. The number of carbonyl (C=O) groups is 1. The predicted octanol–water partition coefficient (Wildman–Crippen LogP) is 4.90. The number of rotatable bonds is 4. The number of benzene rings is 2. The second kappa shape index (κ2) is 8.89. The fourth-order valence-corrected chi connectivity index (χ4v) is 4.97. The van der Waals surface area contributed by atoms with E-state index < -0.39 is 0 Å². The Kier molecular flexibility index (Phi) is 5.77. The van der Waals surface area contributed by atoms with Gasteiger partial charge in [0.25, 0.3) is 0 Å². The molecule has 0 saturated carbocycles. The highest BCUT2D eigenvalue weighted by molar-refractivity contribution is 5.95. The lowest BCUT2D eigenvalue weighted by molar-refractivity contribution is -0.120. The molecule has 1 atom stereocenters. The van der Waals surface area contributed by atoms with Crippen LogP contribution < -0.4 is 10.2 Å². The fraction of sp³-hybridized carbons (Fsp3) is 0.333. The molecule has 7 nitrogen and oxygen atoms in total. The van der Waals surface area contributed by atoms with Crippen LogP contribution in [0.25, 0.3) is 16.6 Å². The van der Waals surface area contributed by atoms with E-state index in [0.29, 0.717) is 6.54 Å². The molecule has 174 valence electrons. The Morgan fingerprint density at radius 3 is 2.44 bits per heavy atom. The van der Waals surface area contributed by atoms with Crippen LogP contribution in [-0.4, -0.2) is 39.0 Å². The van der Waals surface area contributed by atoms with E-state index in [1.165, 1.54) is 0 Å². The van der Waals surface area contributed by atoms with Crippen molar-refractivity contribution in [3.05, 3.63) is 71.0 Å². The molecular weight excluding hydrogens is 424 g/mol. The number of hydrogen-bond acceptors (Lipinski definition) is 5. The topological polar surface area (TPSA) is 75.9 Å². The third kappa shape index (κ3) is 3.91. The summed E-state index contributed by atoms with van der Waals surface area (Å²) in [5, 5.41) is 18.2. The summed E-state index contributed by atoms with van der Waals surface area (Å²) in [5.74, 6) is 0.690. The fourth-order valence-electron chi connectivity index (χ4n) is 4.97. The Morgan fingerprint density at radius 1 is 0.971 bits per heavy atom. The van der Waals surface area contributed by atoms with Crippen LogP contribution in [0.3, 0.4) is 0 Å². The first-order valence-corrected chi connectivity index (χ1v) is 11.8. The first-order chi connectivity index (χ1) is 16.4. The van der Waals surface area contributed by atoms with Crippen LogP contribution in [0.2, 0.25) is 0 Å². The van der Waals surface area contributed by atoms with Gasteiger partial charge < -0.3 is 10.2 Å². The first kappa shape index (κ1) is 22.1. The number of nitrogens with one attached hydrogen (secondary N) is 1. The lowest BCUT2D eigenvalue weighted by Crippen LogP contribution is -2.41. The number of nitrogens with zero attached hydrogens (tertiary/aromatic N) is 5. The maximum Gasteiger partial charge on any atom is 0.229 e. The van der Waals surface area contributed by atoms with Gasteiger partial charge in [-0.15, -0.1) is 5.10 Å². The third-order valence-corrected chi connectivity index (χ3v) is 6.81. The maximum absolute atomic E-state index is 13.2. The molecule has 2 aromatic carbocycles. The summed E-state index contributed by atoms with van der Waals surface area (Å²) in [6, 6.07) is 16.2. The minimum absolute atomic E-state index is 0.0596. The zero-order valence-corrected chi connectivity index (χ0v) is 20.2. The van der Waals surface area contributed by atoms with Gasteiger partial charge in [-0.3, -0.25) is 4.79 Å². The molecule has 4 aromatic rings. The van der Waals surface area contributed by atoms with E-state index in [1.54, 1.807) is 0 Å². The van der Waals surface area contributed by atoms with Crippen molar-refractivity contribution in [3.63, 3.8) is 0 Å². The van der Waals surface area contributed by atoms with Crippen molar-refractivity contribution >= 4 is 28.3 Å². The average molecular weight is 455 g/mol. The minimum atomic E-state index is -0.122. The number of amides is 1. The van der Waals surface area contributed by atoms with Gasteiger partial charge in [0.2, 0.25) is 5.91 Å². The van der Waals surface area contributed by atoms with Gasteiger partial charge in [-0.25, -0.2) is 4.68 Å². The summed E-state index contributed by atoms with van der Waals surface area (Å²) in [5.41, 5.74) is 6.81. The molecule has 0 spiro atoms. The van der Waals surface area contributed by atoms with Crippen molar-refractivity contribution in [3.8, 4) is 5.69 Å². The monoisotopic (exact) mass is 454 g/mol. The van der Waals surface area contributed by atoms with Gasteiger partial charge in [0.1, 0.15) is 5.52 Å². The van der Waals surface area contributed by atoms with Gasteiger partial charge in [-0.2, -0.15) is 10.2 Å². The van der Waals surface area contributed by atoms with Crippen LogP contribution in [0, 0.1) is 33.6 Å². The Bertz CT molecular complexity index is 1340. The van der Waals surface area contributed by atoms with E-state index in [0.717, 1.165) is 70.0 Å². The molecule has 1 aliphatic rings. The van der Waals surface area contributed by atoms with Gasteiger partial charge in [0.05, 0.1) is 28.4 Å². The SMILES string of the molecule is Cc1cccc(C)c1NC(=O)C1CCCN(c2nnc(C)c3c(C)n(-c4ccccc4)nc23)C1. The molecule has 2 aromatic heterocycles. The van der Waals surface area contributed by atoms with Gasteiger partial charge in [0.15, 0.2) is 5.82 Å². The standard InChI is InChI=1S/C27H30N6O/c1-17-10-8-11-18(2)24(17)28-27(34)21-12-9-15-32(16-21)26-25-23(19(3)29-30-26)20(4)33(31-25)22-13-6-5-7-14-22/h5-8,10-11,13-14,21H,9,12,15-16H2,1-4H3,(H,28,34). The minimum Gasteiger partial charge on any atom is -0.352 e. The maximum atomic E-state index is 13.2. The van der Waals surface area contributed by atoms with Gasteiger partial charge >= 0.3 is 0 Å². The zero-order chi connectivity index (χ0) is 23.8. The quantitative estimate of drug-likeness (QED) is 0.474. The van der Waals surface area contributed by atoms with Crippen LogP contribution >= 0.6 is 0 Å². The summed E-state index contributed by atoms with van der Waals surface area (Å²) in [6.45, 7) is 9.52. The molecule has 0 bridgehead atoms. The summed E-state index contributed by atoms with van der Waals surface area (Å²) < 4.78 is 1.96. The number of carbonyl (C=O) groups excluding carboxylic acids is 1. The molecule has 3 heterocycles. The normalized spacial score (nSPS) is 16.1. The highest BCUT2D eigenvalue weighted by Crippen LogP contribution is 2.32. The van der Waals surface area contributed by atoms with Crippen molar-refractivity contribution in [1.29, 1.82) is 0 Å². The first-order valence-electron chi connectivity index (χ1n) is 11.8. The number of fused-ring (bicyclic) bond motifs is 1.